The number of piperidine rings is 1. The van der Waals surface area contributed by atoms with Crippen LogP contribution in [0.3, 0.4) is 0 Å². The summed E-state index contributed by atoms with van der Waals surface area (Å²) in [6.07, 6.45) is 12.6. The molecule has 134 valence electrons. The molecule has 0 amide bonds. The zero-order chi connectivity index (χ0) is 16.8. The SMILES string of the molecule is CCCCC1CCN(C2CCC(c3ccc(OC)cc3)CC2)CC1. The molecule has 2 aliphatic rings. The van der Waals surface area contributed by atoms with Gasteiger partial charge >= 0.3 is 0 Å². The number of ether oxygens (including phenoxy) is 1. The summed E-state index contributed by atoms with van der Waals surface area (Å²) in [6, 6.07) is 9.61. The smallest absolute Gasteiger partial charge is 0.118 e. The fraction of sp³-hybridized carbons (Fsp3) is 0.727. The fourth-order valence-corrected chi connectivity index (χ4v) is 4.75. The second-order valence-electron chi connectivity index (χ2n) is 7.90. The monoisotopic (exact) mass is 329 g/mol. The second-order valence-corrected chi connectivity index (χ2v) is 7.90. The third-order valence-corrected chi connectivity index (χ3v) is 6.42. The molecule has 1 saturated heterocycles. The van der Waals surface area contributed by atoms with Crippen LogP contribution in [-0.4, -0.2) is 31.1 Å². The van der Waals surface area contributed by atoms with E-state index in [-0.39, 0.29) is 0 Å². The van der Waals surface area contributed by atoms with Crippen molar-refractivity contribution < 1.29 is 4.74 Å². The van der Waals surface area contributed by atoms with Crippen molar-refractivity contribution >= 4 is 0 Å². The molecule has 1 aliphatic carbocycles. The molecule has 2 fully saturated rings. The predicted molar refractivity (Wildman–Crippen MR) is 102 cm³/mol. The van der Waals surface area contributed by atoms with Crippen molar-refractivity contribution in [1.82, 2.24) is 4.90 Å². The highest BCUT2D eigenvalue weighted by Crippen LogP contribution is 2.36. The van der Waals surface area contributed by atoms with Gasteiger partial charge in [0.25, 0.3) is 0 Å². The summed E-state index contributed by atoms with van der Waals surface area (Å²) in [5, 5.41) is 0. The van der Waals surface area contributed by atoms with Gasteiger partial charge in [-0.15, -0.1) is 0 Å². The first-order valence-corrected chi connectivity index (χ1v) is 10.2. The lowest BCUT2D eigenvalue weighted by molar-refractivity contribution is 0.0995. The summed E-state index contributed by atoms with van der Waals surface area (Å²) in [5.74, 6) is 2.74. The van der Waals surface area contributed by atoms with Crippen LogP contribution in [0, 0.1) is 5.92 Å². The van der Waals surface area contributed by atoms with Gasteiger partial charge in [0.2, 0.25) is 0 Å². The van der Waals surface area contributed by atoms with Gasteiger partial charge in [-0.25, -0.2) is 0 Å². The van der Waals surface area contributed by atoms with Crippen LogP contribution in [0.4, 0.5) is 0 Å². The molecule has 0 radical (unpaired) electrons. The van der Waals surface area contributed by atoms with E-state index in [2.05, 4.69) is 36.1 Å². The van der Waals surface area contributed by atoms with Crippen LogP contribution in [0.1, 0.15) is 76.2 Å². The molecule has 1 saturated carbocycles. The summed E-state index contributed by atoms with van der Waals surface area (Å²) in [6.45, 7) is 5.02. The highest BCUT2D eigenvalue weighted by molar-refractivity contribution is 5.29. The molecule has 0 spiro atoms. The quantitative estimate of drug-likeness (QED) is 0.671. The Labute approximate surface area is 148 Å². The normalized spacial score (nSPS) is 26.4. The van der Waals surface area contributed by atoms with Gasteiger partial charge in [-0.05, 0) is 81.1 Å². The lowest BCUT2D eigenvalue weighted by atomic mass is 9.80. The van der Waals surface area contributed by atoms with Crippen molar-refractivity contribution in [2.75, 3.05) is 20.2 Å². The van der Waals surface area contributed by atoms with E-state index in [1.165, 1.54) is 76.4 Å². The summed E-state index contributed by atoms with van der Waals surface area (Å²) in [7, 11) is 1.74. The van der Waals surface area contributed by atoms with Gasteiger partial charge in [-0.2, -0.15) is 0 Å². The van der Waals surface area contributed by atoms with E-state index in [9.17, 15) is 0 Å². The lowest BCUT2D eigenvalue weighted by Gasteiger charge is -2.41. The number of hydrogen-bond donors (Lipinski definition) is 0. The molecule has 0 aromatic heterocycles. The predicted octanol–water partition coefficient (Wildman–Crippen LogP) is 5.62. The molecule has 2 nitrogen and oxygen atoms in total. The summed E-state index contributed by atoms with van der Waals surface area (Å²) >= 11 is 0. The molecule has 1 aliphatic heterocycles. The first-order valence-electron chi connectivity index (χ1n) is 10.2. The molecule has 2 heteroatoms. The average Bonchev–Trinajstić information content (AvgIpc) is 2.67. The van der Waals surface area contributed by atoms with Gasteiger partial charge in [0.1, 0.15) is 5.75 Å². The number of rotatable bonds is 6. The molecule has 0 atom stereocenters. The van der Waals surface area contributed by atoms with E-state index in [1.807, 2.05) is 0 Å². The maximum Gasteiger partial charge on any atom is 0.118 e. The largest absolute Gasteiger partial charge is 0.497 e. The van der Waals surface area contributed by atoms with Gasteiger partial charge in [-0.1, -0.05) is 38.3 Å². The Morgan fingerprint density at radius 2 is 1.62 bits per heavy atom. The van der Waals surface area contributed by atoms with Gasteiger partial charge in [0.05, 0.1) is 7.11 Å². The number of nitrogens with zero attached hydrogens (tertiary/aromatic N) is 1. The summed E-state index contributed by atoms with van der Waals surface area (Å²) < 4.78 is 5.28. The van der Waals surface area contributed by atoms with Crippen LogP contribution in [0.2, 0.25) is 0 Å². The Balaban J connectivity index is 1.43. The van der Waals surface area contributed by atoms with Crippen molar-refractivity contribution in [2.45, 2.75) is 76.7 Å². The third kappa shape index (κ3) is 4.53. The van der Waals surface area contributed by atoms with Crippen molar-refractivity contribution in [3.63, 3.8) is 0 Å². The molecule has 24 heavy (non-hydrogen) atoms. The van der Waals surface area contributed by atoms with Crippen molar-refractivity contribution in [1.29, 1.82) is 0 Å². The molecule has 3 rings (SSSR count). The van der Waals surface area contributed by atoms with Gasteiger partial charge in [0, 0.05) is 6.04 Å². The highest BCUT2D eigenvalue weighted by Gasteiger charge is 2.29. The molecular weight excluding hydrogens is 294 g/mol. The van der Waals surface area contributed by atoms with Gasteiger partial charge in [0.15, 0.2) is 0 Å². The minimum Gasteiger partial charge on any atom is -0.497 e. The standard InChI is InChI=1S/C22H35NO/c1-3-4-5-18-14-16-23(17-15-18)21-10-6-19(7-11-21)20-8-12-22(24-2)13-9-20/h8-9,12-13,18-19,21H,3-7,10-11,14-17H2,1-2H3. The van der Waals surface area contributed by atoms with Gasteiger partial charge < -0.3 is 9.64 Å². The van der Waals surface area contributed by atoms with E-state index >= 15 is 0 Å². The summed E-state index contributed by atoms with van der Waals surface area (Å²) in [4.78, 5) is 2.81. The number of methoxy groups -OCH3 is 1. The first-order chi connectivity index (χ1) is 11.8. The lowest BCUT2D eigenvalue weighted by Crippen LogP contribution is -2.43. The van der Waals surface area contributed by atoms with E-state index in [1.54, 1.807) is 7.11 Å². The third-order valence-electron chi connectivity index (χ3n) is 6.42. The summed E-state index contributed by atoms with van der Waals surface area (Å²) in [5.41, 5.74) is 1.51. The number of hydrogen-bond acceptors (Lipinski definition) is 2. The highest BCUT2D eigenvalue weighted by atomic mass is 16.5. The van der Waals surface area contributed by atoms with E-state index in [0.717, 1.165) is 23.6 Å². The van der Waals surface area contributed by atoms with E-state index in [4.69, 9.17) is 4.74 Å². The van der Waals surface area contributed by atoms with Crippen LogP contribution in [0.5, 0.6) is 5.75 Å². The molecule has 1 aromatic rings. The zero-order valence-corrected chi connectivity index (χ0v) is 15.7. The first kappa shape index (κ1) is 17.8. The van der Waals surface area contributed by atoms with Crippen LogP contribution >= 0.6 is 0 Å². The maximum absolute atomic E-state index is 5.28. The van der Waals surface area contributed by atoms with Crippen LogP contribution < -0.4 is 4.74 Å². The van der Waals surface area contributed by atoms with Crippen molar-refractivity contribution in [3.8, 4) is 5.75 Å². The number of likely N-dealkylation sites (tertiary alicyclic amines) is 1. The second kappa shape index (κ2) is 8.89. The minimum absolute atomic E-state index is 0.759. The Morgan fingerprint density at radius 1 is 0.958 bits per heavy atom. The number of benzene rings is 1. The Hall–Kier alpha value is -1.02. The van der Waals surface area contributed by atoms with Crippen LogP contribution in [0.25, 0.3) is 0 Å². The topological polar surface area (TPSA) is 12.5 Å². The zero-order valence-electron chi connectivity index (χ0n) is 15.7. The van der Waals surface area contributed by atoms with E-state index < -0.39 is 0 Å². The average molecular weight is 330 g/mol. The Bertz CT molecular complexity index is 467. The van der Waals surface area contributed by atoms with Crippen molar-refractivity contribution in [3.05, 3.63) is 29.8 Å². The Morgan fingerprint density at radius 3 is 2.21 bits per heavy atom. The molecule has 0 bridgehead atoms. The van der Waals surface area contributed by atoms with Gasteiger partial charge in [-0.3, -0.25) is 0 Å². The van der Waals surface area contributed by atoms with E-state index in [0.29, 0.717) is 0 Å². The Kier molecular flexibility index (Phi) is 6.59. The molecule has 0 N–H and O–H groups in total. The minimum atomic E-state index is 0.759. The van der Waals surface area contributed by atoms with Crippen molar-refractivity contribution in [2.24, 2.45) is 5.92 Å². The molecule has 1 heterocycles. The fourth-order valence-electron chi connectivity index (χ4n) is 4.75. The maximum atomic E-state index is 5.28. The number of unbranched alkanes of at least 4 members (excludes halogenated alkanes) is 1. The molecule has 0 unspecified atom stereocenters. The molecule has 1 aromatic carbocycles. The van der Waals surface area contributed by atoms with Crippen LogP contribution in [0.15, 0.2) is 24.3 Å². The van der Waals surface area contributed by atoms with Crippen LogP contribution in [-0.2, 0) is 0 Å². The molecular formula is C22H35NO.